The number of carbonyl (C=O) groups excluding carboxylic acids is 1. The molecule has 0 radical (unpaired) electrons. The van der Waals surface area contributed by atoms with Crippen molar-refractivity contribution in [2.24, 2.45) is 0 Å². The molecule has 3 aromatic heterocycles. The van der Waals surface area contributed by atoms with E-state index in [0.29, 0.717) is 16.1 Å². The Morgan fingerprint density at radius 3 is 2.63 bits per heavy atom. The highest BCUT2D eigenvalue weighted by molar-refractivity contribution is 7.28. The molecule has 3 heterocycles. The van der Waals surface area contributed by atoms with Crippen molar-refractivity contribution in [3.63, 3.8) is 0 Å². The fraction of sp³-hybridized carbons (Fsp3) is 0.0526. The van der Waals surface area contributed by atoms with E-state index in [1.807, 2.05) is 25.1 Å². The molecule has 1 amide bonds. The van der Waals surface area contributed by atoms with Crippen LogP contribution in [0.1, 0.15) is 15.4 Å². The van der Waals surface area contributed by atoms with Gasteiger partial charge in [0.25, 0.3) is 5.91 Å². The number of nitrogens with one attached hydrogen (secondary N) is 1. The van der Waals surface area contributed by atoms with E-state index in [2.05, 4.69) is 15.3 Å². The quantitative estimate of drug-likeness (QED) is 0.444. The molecule has 0 unspecified atom stereocenters. The van der Waals surface area contributed by atoms with Crippen LogP contribution in [0.4, 0.5) is 5.13 Å². The zero-order chi connectivity index (χ0) is 18.5. The highest BCUT2D eigenvalue weighted by atomic mass is 32.1. The van der Waals surface area contributed by atoms with Crippen molar-refractivity contribution >= 4 is 65.1 Å². The second kappa shape index (κ2) is 5.97. The third kappa shape index (κ3) is 2.70. The first-order valence-electron chi connectivity index (χ1n) is 8.09. The number of anilines is 1. The summed E-state index contributed by atoms with van der Waals surface area (Å²) < 4.78 is 7.25. The minimum atomic E-state index is -0.673. The van der Waals surface area contributed by atoms with Crippen molar-refractivity contribution in [2.75, 3.05) is 5.32 Å². The van der Waals surface area contributed by atoms with Crippen molar-refractivity contribution in [3.05, 3.63) is 63.5 Å². The predicted octanol–water partition coefficient (Wildman–Crippen LogP) is 4.57. The molecule has 6 nitrogen and oxygen atoms in total. The molecular weight excluding hydrogens is 382 g/mol. The van der Waals surface area contributed by atoms with Gasteiger partial charge in [-0.2, -0.15) is 0 Å². The molecule has 0 saturated carbocycles. The summed E-state index contributed by atoms with van der Waals surface area (Å²) in [6, 6.07) is 12.4. The number of thiazole rings is 2. The molecule has 5 aromatic rings. The lowest BCUT2D eigenvalue weighted by molar-refractivity contribution is 0.102. The van der Waals surface area contributed by atoms with Crippen molar-refractivity contribution < 1.29 is 9.21 Å². The first-order chi connectivity index (χ1) is 13.1. The van der Waals surface area contributed by atoms with Gasteiger partial charge in [0.05, 0.1) is 25.4 Å². The predicted molar refractivity (Wildman–Crippen MR) is 108 cm³/mol. The first kappa shape index (κ1) is 16.1. The van der Waals surface area contributed by atoms with Gasteiger partial charge in [0.15, 0.2) is 5.13 Å². The minimum Gasteiger partial charge on any atom is -0.422 e. The van der Waals surface area contributed by atoms with Crippen molar-refractivity contribution in [1.82, 2.24) is 9.97 Å². The summed E-state index contributed by atoms with van der Waals surface area (Å²) in [4.78, 5) is 33.7. The first-order valence-corrected chi connectivity index (χ1v) is 9.73. The van der Waals surface area contributed by atoms with Crippen LogP contribution in [-0.2, 0) is 0 Å². The molecule has 0 spiro atoms. The van der Waals surface area contributed by atoms with Crippen LogP contribution < -0.4 is 10.9 Å². The van der Waals surface area contributed by atoms with Crippen LogP contribution in [-0.4, -0.2) is 15.9 Å². The van der Waals surface area contributed by atoms with E-state index in [0.717, 1.165) is 25.4 Å². The second-order valence-electron chi connectivity index (χ2n) is 5.95. The Hall–Kier alpha value is -3.10. The monoisotopic (exact) mass is 393 g/mol. The van der Waals surface area contributed by atoms with Gasteiger partial charge in [-0.1, -0.05) is 29.5 Å². The SMILES string of the molecule is Cc1nc2ccc3nc(NC(=O)c4cc5ccccc5oc4=O)sc3c2s1. The summed E-state index contributed by atoms with van der Waals surface area (Å²) in [5.41, 5.74) is 1.43. The van der Waals surface area contributed by atoms with Gasteiger partial charge in [-0.15, -0.1) is 11.3 Å². The average molecular weight is 393 g/mol. The molecule has 27 heavy (non-hydrogen) atoms. The molecule has 2 aromatic carbocycles. The summed E-state index contributed by atoms with van der Waals surface area (Å²) in [6.07, 6.45) is 0. The number of benzene rings is 2. The van der Waals surface area contributed by atoms with E-state index in [1.54, 1.807) is 29.5 Å². The van der Waals surface area contributed by atoms with Gasteiger partial charge in [0.2, 0.25) is 0 Å². The Morgan fingerprint density at radius 1 is 1.04 bits per heavy atom. The van der Waals surface area contributed by atoms with E-state index in [-0.39, 0.29) is 5.56 Å². The van der Waals surface area contributed by atoms with Gasteiger partial charge in [-0.3, -0.25) is 10.1 Å². The largest absolute Gasteiger partial charge is 0.422 e. The molecule has 0 aliphatic heterocycles. The maximum Gasteiger partial charge on any atom is 0.349 e. The van der Waals surface area contributed by atoms with Crippen LogP contribution in [0.2, 0.25) is 0 Å². The highest BCUT2D eigenvalue weighted by Crippen LogP contribution is 2.35. The summed E-state index contributed by atoms with van der Waals surface area (Å²) in [5, 5.41) is 4.81. The number of hydrogen-bond acceptors (Lipinski definition) is 7. The standard InChI is InChI=1S/C19H11N3O3S2/c1-9-20-12-6-7-13-16(15(12)26-9)27-19(21-13)22-17(23)11-8-10-4-2-3-5-14(10)25-18(11)24/h2-8H,1H3,(H,21,22,23). The van der Waals surface area contributed by atoms with E-state index in [9.17, 15) is 9.59 Å². The van der Waals surface area contributed by atoms with Gasteiger partial charge in [-0.05, 0) is 31.2 Å². The van der Waals surface area contributed by atoms with Gasteiger partial charge in [0, 0.05) is 5.39 Å². The van der Waals surface area contributed by atoms with Crippen LogP contribution in [0, 0.1) is 6.92 Å². The number of hydrogen-bond donors (Lipinski definition) is 1. The zero-order valence-corrected chi connectivity index (χ0v) is 15.6. The molecule has 0 saturated heterocycles. The lowest BCUT2D eigenvalue weighted by Crippen LogP contribution is -2.20. The minimum absolute atomic E-state index is 0.0493. The Bertz CT molecular complexity index is 1410. The maximum absolute atomic E-state index is 12.6. The molecule has 132 valence electrons. The number of aryl methyl sites for hydroxylation is 1. The number of rotatable bonds is 2. The van der Waals surface area contributed by atoms with Crippen molar-refractivity contribution in [2.45, 2.75) is 6.92 Å². The molecule has 0 aliphatic carbocycles. The summed E-state index contributed by atoms with van der Waals surface area (Å²) >= 11 is 2.96. The second-order valence-corrected chi connectivity index (χ2v) is 8.16. The lowest BCUT2D eigenvalue weighted by Gasteiger charge is -2.02. The third-order valence-corrected chi connectivity index (χ3v) is 6.26. The van der Waals surface area contributed by atoms with E-state index in [4.69, 9.17) is 4.42 Å². The van der Waals surface area contributed by atoms with Gasteiger partial charge >= 0.3 is 5.63 Å². The van der Waals surface area contributed by atoms with E-state index in [1.165, 1.54) is 17.4 Å². The number of para-hydroxylation sites is 1. The molecule has 0 aliphatic rings. The molecule has 8 heteroatoms. The average Bonchev–Trinajstić information content (AvgIpc) is 3.22. The molecule has 0 fully saturated rings. The number of fused-ring (bicyclic) bond motifs is 4. The van der Waals surface area contributed by atoms with Crippen molar-refractivity contribution in [1.29, 1.82) is 0 Å². The van der Waals surface area contributed by atoms with Crippen LogP contribution in [0.15, 0.2) is 51.7 Å². The Kier molecular flexibility index (Phi) is 3.56. The number of carbonyl (C=O) groups is 1. The van der Waals surface area contributed by atoms with Crippen molar-refractivity contribution in [3.8, 4) is 0 Å². The Morgan fingerprint density at radius 2 is 1.78 bits per heavy atom. The van der Waals surface area contributed by atoms with Crippen LogP contribution in [0.25, 0.3) is 31.4 Å². The molecule has 0 atom stereocenters. The third-order valence-electron chi connectivity index (χ3n) is 4.13. The Balaban J connectivity index is 1.55. The maximum atomic E-state index is 12.6. The summed E-state index contributed by atoms with van der Waals surface area (Å²) in [6.45, 7) is 1.96. The number of aromatic nitrogens is 2. The van der Waals surface area contributed by atoms with Gasteiger partial charge < -0.3 is 4.42 Å². The summed E-state index contributed by atoms with van der Waals surface area (Å²) in [5.74, 6) is -0.537. The Labute approximate surface area is 160 Å². The smallest absolute Gasteiger partial charge is 0.349 e. The van der Waals surface area contributed by atoms with E-state index < -0.39 is 11.5 Å². The number of amides is 1. The van der Waals surface area contributed by atoms with E-state index >= 15 is 0 Å². The topological polar surface area (TPSA) is 85.1 Å². The fourth-order valence-electron chi connectivity index (χ4n) is 2.92. The molecule has 1 N–H and O–H groups in total. The number of nitrogens with zero attached hydrogens (tertiary/aromatic N) is 2. The normalized spacial score (nSPS) is 11.4. The molecular formula is C19H11N3O3S2. The zero-order valence-electron chi connectivity index (χ0n) is 14.0. The fourth-order valence-corrected chi connectivity index (χ4v) is 4.92. The molecule has 5 rings (SSSR count). The van der Waals surface area contributed by atoms with Crippen LogP contribution in [0.3, 0.4) is 0 Å². The highest BCUT2D eigenvalue weighted by Gasteiger charge is 2.17. The van der Waals surface area contributed by atoms with Gasteiger partial charge in [-0.25, -0.2) is 14.8 Å². The lowest BCUT2D eigenvalue weighted by atomic mass is 10.2. The van der Waals surface area contributed by atoms with Crippen LogP contribution in [0.5, 0.6) is 0 Å². The molecule has 0 bridgehead atoms. The van der Waals surface area contributed by atoms with Gasteiger partial charge in [0.1, 0.15) is 11.1 Å². The summed E-state index contributed by atoms with van der Waals surface area (Å²) in [7, 11) is 0. The van der Waals surface area contributed by atoms with Crippen LogP contribution >= 0.6 is 22.7 Å².